The Bertz CT molecular complexity index is 271. The van der Waals surface area contributed by atoms with E-state index in [-0.39, 0.29) is 25.4 Å². The number of hydrogen-bond donors (Lipinski definition) is 1. The largest absolute Gasteiger partial charge is 0.336 e. The van der Waals surface area contributed by atoms with Crippen molar-refractivity contribution in [3.8, 4) is 0 Å². The van der Waals surface area contributed by atoms with Gasteiger partial charge in [-0.25, -0.2) is 8.78 Å². The Kier molecular flexibility index (Phi) is 2.45. The highest BCUT2D eigenvalue weighted by molar-refractivity contribution is 5.84. The molecule has 0 spiro atoms. The number of hydrogen-bond acceptors (Lipinski definition) is 2. The SMILES string of the molecule is NCC1(C(=O)N2CCC(F)(F)C2)CCC1. The van der Waals surface area contributed by atoms with Crippen molar-refractivity contribution in [1.29, 1.82) is 0 Å². The van der Waals surface area contributed by atoms with Gasteiger partial charge in [-0.05, 0) is 12.8 Å². The number of alkyl halides is 2. The Morgan fingerprint density at radius 2 is 2.00 bits per heavy atom. The van der Waals surface area contributed by atoms with Crippen LogP contribution in [0.15, 0.2) is 0 Å². The highest BCUT2D eigenvalue weighted by Crippen LogP contribution is 2.43. The summed E-state index contributed by atoms with van der Waals surface area (Å²) in [6.45, 7) is 0.0368. The third-order valence-corrected chi connectivity index (χ3v) is 3.61. The van der Waals surface area contributed by atoms with E-state index in [1.165, 1.54) is 4.90 Å². The van der Waals surface area contributed by atoms with Crippen LogP contribution in [0.3, 0.4) is 0 Å². The molecule has 0 aromatic rings. The number of nitrogens with two attached hydrogens (primary N) is 1. The Morgan fingerprint density at radius 3 is 2.33 bits per heavy atom. The Balaban J connectivity index is 2.03. The average molecular weight is 218 g/mol. The molecule has 1 saturated carbocycles. The van der Waals surface area contributed by atoms with Crippen LogP contribution in [0.4, 0.5) is 8.78 Å². The van der Waals surface area contributed by atoms with E-state index in [1.54, 1.807) is 0 Å². The van der Waals surface area contributed by atoms with Crippen molar-refractivity contribution in [2.45, 2.75) is 31.6 Å². The lowest BCUT2D eigenvalue weighted by molar-refractivity contribution is -0.147. The molecule has 2 rings (SSSR count). The van der Waals surface area contributed by atoms with E-state index in [1.807, 2.05) is 0 Å². The van der Waals surface area contributed by atoms with Gasteiger partial charge in [0.25, 0.3) is 5.92 Å². The van der Waals surface area contributed by atoms with Gasteiger partial charge in [-0.1, -0.05) is 6.42 Å². The zero-order chi connectivity index (χ0) is 11.1. The molecule has 3 nitrogen and oxygen atoms in total. The van der Waals surface area contributed by atoms with Gasteiger partial charge in [0.05, 0.1) is 12.0 Å². The van der Waals surface area contributed by atoms with Crippen molar-refractivity contribution < 1.29 is 13.6 Å². The molecule has 15 heavy (non-hydrogen) atoms. The zero-order valence-electron chi connectivity index (χ0n) is 8.64. The molecule has 1 amide bonds. The van der Waals surface area contributed by atoms with Gasteiger partial charge in [-0.3, -0.25) is 4.79 Å². The molecular formula is C10H16F2N2O. The predicted octanol–water partition coefficient (Wildman–Crippen LogP) is 0.983. The van der Waals surface area contributed by atoms with E-state index in [4.69, 9.17) is 5.73 Å². The van der Waals surface area contributed by atoms with E-state index in [2.05, 4.69) is 0 Å². The normalized spacial score (nSPS) is 27.5. The third kappa shape index (κ3) is 1.73. The van der Waals surface area contributed by atoms with E-state index >= 15 is 0 Å². The van der Waals surface area contributed by atoms with Crippen LogP contribution in [0.1, 0.15) is 25.7 Å². The summed E-state index contributed by atoms with van der Waals surface area (Å²) in [6, 6.07) is 0. The predicted molar refractivity (Wildman–Crippen MR) is 51.5 cm³/mol. The topological polar surface area (TPSA) is 46.3 Å². The maximum atomic E-state index is 12.9. The van der Waals surface area contributed by atoms with Crippen molar-refractivity contribution >= 4 is 5.91 Å². The van der Waals surface area contributed by atoms with Crippen LogP contribution in [-0.4, -0.2) is 36.4 Å². The third-order valence-electron chi connectivity index (χ3n) is 3.61. The molecular weight excluding hydrogens is 202 g/mol. The highest BCUT2D eigenvalue weighted by Gasteiger charge is 2.49. The van der Waals surface area contributed by atoms with Gasteiger partial charge in [0.2, 0.25) is 5.91 Å². The van der Waals surface area contributed by atoms with E-state index in [0.717, 1.165) is 19.3 Å². The smallest absolute Gasteiger partial charge is 0.267 e. The maximum Gasteiger partial charge on any atom is 0.267 e. The van der Waals surface area contributed by atoms with Crippen molar-refractivity contribution in [1.82, 2.24) is 4.90 Å². The molecule has 0 aromatic carbocycles. The summed E-state index contributed by atoms with van der Waals surface area (Å²) < 4.78 is 25.9. The lowest BCUT2D eigenvalue weighted by atomic mass is 9.68. The summed E-state index contributed by atoms with van der Waals surface area (Å²) >= 11 is 0. The molecule has 1 aliphatic heterocycles. The van der Waals surface area contributed by atoms with Crippen molar-refractivity contribution in [2.75, 3.05) is 19.6 Å². The molecule has 0 aromatic heterocycles. The van der Waals surface area contributed by atoms with E-state index in [9.17, 15) is 13.6 Å². The molecule has 2 fully saturated rings. The number of halogens is 2. The fourth-order valence-electron chi connectivity index (χ4n) is 2.35. The summed E-state index contributed by atoms with van der Waals surface area (Å²) in [7, 11) is 0. The van der Waals surface area contributed by atoms with Crippen LogP contribution in [0.2, 0.25) is 0 Å². The average Bonchev–Trinajstić information content (AvgIpc) is 2.45. The first kappa shape index (κ1) is 10.8. The monoisotopic (exact) mass is 218 g/mol. The van der Waals surface area contributed by atoms with E-state index < -0.39 is 17.9 Å². The maximum absolute atomic E-state index is 12.9. The molecule has 1 heterocycles. The summed E-state index contributed by atoms with van der Waals surface area (Å²) in [4.78, 5) is 13.3. The van der Waals surface area contributed by atoms with Gasteiger partial charge in [-0.15, -0.1) is 0 Å². The quantitative estimate of drug-likeness (QED) is 0.751. The first-order valence-electron chi connectivity index (χ1n) is 5.36. The van der Waals surface area contributed by atoms with Gasteiger partial charge < -0.3 is 10.6 Å². The molecule has 5 heteroatoms. The first-order valence-corrected chi connectivity index (χ1v) is 5.36. The Morgan fingerprint density at radius 1 is 1.33 bits per heavy atom. The van der Waals surface area contributed by atoms with Crippen molar-refractivity contribution in [3.05, 3.63) is 0 Å². The second-order valence-corrected chi connectivity index (χ2v) is 4.67. The number of likely N-dealkylation sites (tertiary alicyclic amines) is 1. The van der Waals surface area contributed by atoms with E-state index in [0.29, 0.717) is 0 Å². The van der Waals surface area contributed by atoms with Crippen molar-refractivity contribution in [3.63, 3.8) is 0 Å². The molecule has 86 valence electrons. The zero-order valence-corrected chi connectivity index (χ0v) is 8.64. The number of nitrogens with zero attached hydrogens (tertiary/aromatic N) is 1. The first-order chi connectivity index (χ1) is 6.99. The summed E-state index contributed by atoms with van der Waals surface area (Å²) in [5.74, 6) is -2.86. The van der Waals surface area contributed by atoms with Gasteiger partial charge in [-0.2, -0.15) is 0 Å². The minimum atomic E-state index is -2.70. The summed E-state index contributed by atoms with van der Waals surface area (Å²) in [5, 5.41) is 0. The lowest BCUT2D eigenvalue weighted by Gasteiger charge is -2.41. The fourth-order valence-corrected chi connectivity index (χ4v) is 2.35. The molecule has 2 N–H and O–H groups in total. The van der Waals surface area contributed by atoms with Crippen LogP contribution in [-0.2, 0) is 4.79 Å². The molecule has 2 aliphatic rings. The van der Waals surface area contributed by atoms with Gasteiger partial charge in [0.15, 0.2) is 0 Å². The molecule has 1 saturated heterocycles. The molecule has 0 unspecified atom stereocenters. The highest BCUT2D eigenvalue weighted by atomic mass is 19.3. The number of carbonyl (C=O) groups excluding carboxylic acids is 1. The van der Waals surface area contributed by atoms with Gasteiger partial charge in [0.1, 0.15) is 0 Å². The van der Waals surface area contributed by atoms with Gasteiger partial charge in [0, 0.05) is 19.5 Å². The summed E-state index contributed by atoms with van der Waals surface area (Å²) in [6.07, 6.45) is 2.28. The standard InChI is InChI=1S/C10H16F2N2O/c11-10(12)4-5-14(7-10)8(15)9(6-13)2-1-3-9/h1-7,13H2. The van der Waals surface area contributed by atoms with Crippen molar-refractivity contribution in [2.24, 2.45) is 11.1 Å². The fraction of sp³-hybridized carbons (Fsp3) is 0.900. The van der Waals surface area contributed by atoms with Crippen LogP contribution in [0, 0.1) is 5.41 Å². The number of amides is 1. The van der Waals surface area contributed by atoms with Gasteiger partial charge >= 0.3 is 0 Å². The number of rotatable bonds is 2. The van der Waals surface area contributed by atoms with Crippen LogP contribution in [0.5, 0.6) is 0 Å². The minimum Gasteiger partial charge on any atom is -0.336 e. The van der Waals surface area contributed by atoms with Crippen LogP contribution < -0.4 is 5.73 Å². The Hall–Kier alpha value is -0.710. The minimum absolute atomic E-state index is 0.159. The summed E-state index contributed by atoms with van der Waals surface area (Å²) in [5.41, 5.74) is 5.06. The molecule has 1 aliphatic carbocycles. The molecule has 0 radical (unpaired) electrons. The Labute approximate surface area is 87.6 Å². The second kappa shape index (κ2) is 3.40. The lowest BCUT2D eigenvalue weighted by Crippen LogP contribution is -2.51. The van der Waals surface area contributed by atoms with Crippen LogP contribution >= 0.6 is 0 Å². The molecule has 0 atom stereocenters. The number of carbonyl (C=O) groups is 1. The van der Waals surface area contributed by atoms with Crippen LogP contribution in [0.25, 0.3) is 0 Å². The molecule has 0 bridgehead atoms. The second-order valence-electron chi connectivity index (χ2n) is 4.67.